The van der Waals surface area contributed by atoms with Crippen LogP contribution < -0.4 is 28.9 Å². The predicted octanol–water partition coefficient (Wildman–Crippen LogP) is -3.29. The summed E-state index contributed by atoms with van der Waals surface area (Å²) in [6, 6.07) is -0.523. The van der Waals surface area contributed by atoms with E-state index in [1.54, 1.807) is 7.05 Å². The number of carboxylic acids is 1. The van der Waals surface area contributed by atoms with Crippen LogP contribution in [0.25, 0.3) is 0 Å². The van der Waals surface area contributed by atoms with Gasteiger partial charge in [-0.25, -0.2) is 9.59 Å². The molecule has 2 N–H and O–H groups in total. The highest BCUT2D eigenvalue weighted by molar-refractivity contribution is 5.73. The minimum absolute atomic E-state index is 0. The maximum atomic E-state index is 11.0. The number of hydrogen-bond donors (Lipinski definition) is 2. The van der Waals surface area contributed by atoms with Crippen LogP contribution in [0.4, 0.5) is 0 Å². The molecule has 0 bridgehead atoms. The second-order valence-corrected chi connectivity index (χ2v) is 3.99. The highest BCUT2D eigenvalue weighted by atomic mass is 127. The van der Waals surface area contributed by atoms with Crippen LogP contribution in [0.1, 0.15) is 32.6 Å². The van der Waals surface area contributed by atoms with Gasteiger partial charge in [-0.2, -0.15) is 0 Å². The lowest BCUT2D eigenvalue weighted by Gasteiger charge is -2.20. The lowest BCUT2D eigenvalue weighted by Crippen LogP contribution is -3.15. The molecule has 0 rings (SSSR count). The fourth-order valence-electron chi connectivity index (χ4n) is 1.60. The van der Waals surface area contributed by atoms with E-state index in [2.05, 4.69) is 11.7 Å². The second-order valence-electron chi connectivity index (χ2n) is 3.99. The Morgan fingerprint density at radius 2 is 1.94 bits per heavy atom. The molecular formula is C11H22INO4. The number of halogens is 1. The van der Waals surface area contributed by atoms with Crippen LogP contribution >= 0.6 is 0 Å². The van der Waals surface area contributed by atoms with Crippen LogP contribution in [0.15, 0.2) is 0 Å². The molecule has 0 amide bonds. The minimum atomic E-state index is -0.850. The van der Waals surface area contributed by atoms with E-state index >= 15 is 0 Å². The van der Waals surface area contributed by atoms with Crippen molar-refractivity contribution in [2.75, 3.05) is 20.7 Å². The van der Waals surface area contributed by atoms with E-state index in [1.165, 1.54) is 7.11 Å². The third kappa shape index (κ3) is 8.37. The van der Waals surface area contributed by atoms with Gasteiger partial charge >= 0.3 is 11.9 Å². The molecule has 17 heavy (non-hydrogen) atoms. The number of carbonyl (C=O) groups excluding carboxylic acids is 1. The summed E-state index contributed by atoms with van der Waals surface area (Å²) in [7, 11) is 3.02. The lowest BCUT2D eigenvalue weighted by molar-refractivity contribution is -0.890. The standard InChI is InChI=1S/C11H21NO4.HI/c1-4-5-6-7-9(11(14)15)12(2)8-10(13)16-3;/h9H,4-8H2,1-3H3,(H,14,15);1H. The number of quaternary nitrogens is 1. The molecular weight excluding hydrogens is 337 g/mol. The fourth-order valence-corrected chi connectivity index (χ4v) is 1.60. The lowest BCUT2D eigenvalue weighted by atomic mass is 10.1. The number of unbranched alkanes of at least 4 members (excludes halogenated alkanes) is 2. The smallest absolute Gasteiger partial charge is 0.362 e. The third-order valence-corrected chi connectivity index (χ3v) is 2.64. The molecule has 0 saturated heterocycles. The average Bonchev–Trinajstić information content (AvgIpc) is 2.23. The van der Waals surface area contributed by atoms with Crippen molar-refractivity contribution in [3.63, 3.8) is 0 Å². The first-order valence-electron chi connectivity index (χ1n) is 5.64. The molecule has 2 atom stereocenters. The number of methoxy groups -OCH3 is 1. The molecule has 0 aliphatic heterocycles. The molecule has 5 nitrogen and oxygen atoms in total. The van der Waals surface area contributed by atoms with E-state index in [9.17, 15) is 9.59 Å². The maximum Gasteiger partial charge on any atom is 0.362 e. The van der Waals surface area contributed by atoms with Crippen molar-refractivity contribution in [2.24, 2.45) is 0 Å². The van der Waals surface area contributed by atoms with Gasteiger partial charge in [-0.15, -0.1) is 0 Å². The molecule has 0 heterocycles. The quantitative estimate of drug-likeness (QED) is 0.271. The van der Waals surface area contributed by atoms with Crippen molar-refractivity contribution in [3.8, 4) is 0 Å². The zero-order valence-electron chi connectivity index (χ0n) is 10.7. The Morgan fingerprint density at radius 1 is 1.35 bits per heavy atom. The van der Waals surface area contributed by atoms with Gasteiger partial charge in [0, 0.05) is 6.42 Å². The van der Waals surface area contributed by atoms with Gasteiger partial charge in [0.1, 0.15) is 0 Å². The zero-order chi connectivity index (χ0) is 12.6. The van der Waals surface area contributed by atoms with Gasteiger partial charge in [0.15, 0.2) is 12.6 Å². The largest absolute Gasteiger partial charge is 1.00 e. The van der Waals surface area contributed by atoms with Gasteiger partial charge in [-0.05, 0) is 6.42 Å². The van der Waals surface area contributed by atoms with Crippen molar-refractivity contribution in [3.05, 3.63) is 0 Å². The first-order valence-corrected chi connectivity index (χ1v) is 5.64. The van der Waals surface area contributed by atoms with Gasteiger partial charge in [0.05, 0.1) is 14.2 Å². The number of likely N-dealkylation sites (N-methyl/N-ethyl adjacent to an activating group) is 1. The molecule has 0 aromatic carbocycles. The Balaban J connectivity index is 0. The van der Waals surface area contributed by atoms with Crippen molar-refractivity contribution >= 4 is 11.9 Å². The van der Waals surface area contributed by atoms with E-state index in [-0.39, 0.29) is 36.5 Å². The number of aliphatic carboxylic acids is 1. The molecule has 0 radical (unpaired) electrons. The minimum Gasteiger partial charge on any atom is -1.00 e. The highest BCUT2D eigenvalue weighted by Crippen LogP contribution is 2.01. The van der Waals surface area contributed by atoms with Crippen LogP contribution in [0.2, 0.25) is 0 Å². The van der Waals surface area contributed by atoms with Gasteiger partial charge in [-0.3, -0.25) is 0 Å². The topological polar surface area (TPSA) is 68.0 Å². The van der Waals surface area contributed by atoms with Crippen molar-refractivity contribution in [1.82, 2.24) is 0 Å². The summed E-state index contributed by atoms with van der Waals surface area (Å²) in [5, 5.41) is 9.06. The molecule has 102 valence electrons. The Kier molecular flexibility index (Phi) is 12.0. The van der Waals surface area contributed by atoms with Crippen molar-refractivity contribution < 1.29 is 48.3 Å². The summed E-state index contributed by atoms with van der Waals surface area (Å²) in [6.07, 6.45) is 3.57. The Bertz CT molecular complexity index is 236. The molecule has 2 unspecified atom stereocenters. The predicted molar refractivity (Wildman–Crippen MR) is 59.3 cm³/mol. The van der Waals surface area contributed by atoms with Gasteiger partial charge in [-0.1, -0.05) is 19.8 Å². The third-order valence-electron chi connectivity index (χ3n) is 2.64. The first kappa shape index (κ1) is 19.0. The van der Waals surface area contributed by atoms with Gasteiger partial charge < -0.3 is 38.7 Å². The molecule has 0 spiro atoms. The van der Waals surface area contributed by atoms with Crippen LogP contribution in [0.5, 0.6) is 0 Å². The normalized spacial score (nSPS) is 13.4. The molecule has 0 aliphatic carbocycles. The van der Waals surface area contributed by atoms with Crippen LogP contribution in [0.3, 0.4) is 0 Å². The van der Waals surface area contributed by atoms with Gasteiger partial charge in [0.2, 0.25) is 0 Å². The van der Waals surface area contributed by atoms with E-state index in [0.717, 1.165) is 19.3 Å². The number of ether oxygens (including phenoxy) is 1. The van der Waals surface area contributed by atoms with E-state index < -0.39 is 12.0 Å². The van der Waals surface area contributed by atoms with Crippen LogP contribution in [0, 0.1) is 0 Å². The number of carboxylic acid groups (broad SMARTS) is 1. The Morgan fingerprint density at radius 3 is 2.35 bits per heavy atom. The Hall–Kier alpha value is -0.370. The molecule has 0 aliphatic rings. The Labute approximate surface area is 120 Å². The van der Waals surface area contributed by atoms with Crippen LogP contribution in [-0.4, -0.2) is 43.8 Å². The molecule has 0 aromatic rings. The average molecular weight is 359 g/mol. The SMILES string of the molecule is CCCCCC(C(=O)O)[NH+](C)CC(=O)OC.[I-]. The molecule has 6 heteroatoms. The van der Waals surface area contributed by atoms with Crippen LogP contribution in [-0.2, 0) is 14.3 Å². The summed E-state index contributed by atoms with van der Waals surface area (Å²) < 4.78 is 4.52. The maximum absolute atomic E-state index is 11.0. The van der Waals surface area contributed by atoms with Crippen molar-refractivity contribution in [2.45, 2.75) is 38.6 Å². The highest BCUT2D eigenvalue weighted by Gasteiger charge is 2.27. The summed E-state index contributed by atoms with van der Waals surface area (Å²) in [5.74, 6) is -1.23. The fraction of sp³-hybridized carbons (Fsp3) is 0.818. The summed E-state index contributed by atoms with van der Waals surface area (Å²) >= 11 is 0. The summed E-state index contributed by atoms with van der Waals surface area (Å²) in [4.78, 5) is 22.8. The monoisotopic (exact) mass is 359 g/mol. The number of rotatable bonds is 8. The number of esters is 1. The van der Waals surface area contributed by atoms with E-state index in [4.69, 9.17) is 5.11 Å². The molecule has 0 saturated carbocycles. The molecule has 0 fully saturated rings. The summed E-state index contributed by atoms with van der Waals surface area (Å²) in [5.41, 5.74) is 0. The van der Waals surface area contributed by atoms with Crippen molar-refractivity contribution in [1.29, 1.82) is 0 Å². The number of hydrogen-bond acceptors (Lipinski definition) is 3. The first-order chi connectivity index (χ1) is 7.52. The van der Waals surface area contributed by atoms with E-state index in [1.807, 2.05) is 0 Å². The molecule has 0 aromatic heterocycles. The number of nitrogens with one attached hydrogen (secondary N) is 1. The van der Waals surface area contributed by atoms with E-state index in [0.29, 0.717) is 11.3 Å². The number of carbonyl (C=O) groups is 2. The summed E-state index contributed by atoms with van der Waals surface area (Å²) in [6.45, 7) is 2.17. The van der Waals surface area contributed by atoms with Gasteiger partial charge in [0.25, 0.3) is 0 Å². The second kappa shape index (κ2) is 10.8. The zero-order valence-corrected chi connectivity index (χ0v) is 12.8.